The van der Waals surface area contributed by atoms with Crippen molar-refractivity contribution in [1.29, 1.82) is 0 Å². The van der Waals surface area contributed by atoms with Gasteiger partial charge in [-0.2, -0.15) is 0 Å². The first kappa shape index (κ1) is 12.0. The van der Waals surface area contributed by atoms with Crippen LogP contribution in [0, 0.1) is 11.8 Å². The molecule has 14 heavy (non-hydrogen) atoms. The van der Waals surface area contributed by atoms with Crippen molar-refractivity contribution in [3.05, 3.63) is 0 Å². The average Bonchev–Trinajstić information content (AvgIpc) is 2.18. The molecule has 0 aliphatic heterocycles. The van der Waals surface area contributed by atoms with Crippen molar-refractivity contribution in [3.8, 4) is 0 Å². The van der Waals surface area contributed by atoms with E-state index < -0.39 is 5.60 Å². The van der Waals surface area contributed by atoms with Crippen LogP contribution in [0.5, 0.6) is 0 Å². The van der Waals surface area contributed by atoms with Crippen molar-refractivity contribution < 1.29 is 9.84 Å². The van der Waals surface area contributed by atoms with E-state index in [0.29, 0.717) is 12.5 Å². The third kappa shape index (κ3) is 2.96. The topological polar surface area (TPSA) is 29.5 Å². The Kier molecular flexibility index (Phi) is 4.39. The SMILES string of the molecule is CCC1CCC(C(C)(O)COC)CC1. The Bertz CT molecular complexity index is 158. The summed E-state index contributed by atoms with van der Waals surface area (Å²) >= 11 is 0. The van der Waals surface area contributed by atoms with Crippen molar-refractivity contribution >= 4 is 0 Å². The molecule has 1 unspecified atom stereocenters. The van der Waals surface area contributed by atoms with Crippen LogP contribution in [0.3, 0.4) is 0 Å². The predicted molar refractivity (Wildman–Crippen MR) is 58.2 cm³/mol. The number of rotatable bonds is 4. The van der Waals surface area contributed by atoms with Gasteiger partial charge in [-0.3, -0.25) is 0 Å². The highest BCUT2D eigenvalue weighted by atomic mass is 16.5. The average molecular weight is 200 g/mol. The van der Waals surface area contributed by atoms with Crippen molar-refractivity contribution in [1.82, 2.24) is 0 Å². The Morgan fingerprint density at radius 1 is 1.29 bits per heavy atom. The summed E-state index contributed by atoms with van der Waals surface area (Å²) in [4.78, 5) is 0. The second kappa shape index (κ2) is 5.13. The summed E-state index contributed by atoms with van der Waals surface area (Å²) in [6.45, 7) is 4.64. The highest BCUT2D eigenvalue weighted by Crippen LogP contribution is 2.36. The van der Waals surface area contributed by atoms with Crippen LogP contribution >= 0.6 is 0 Å². The summed E-state index contributed by atoms with van der Waals surface area (Å²) in [6.07, 6.45) is 6.17. The quantitative estimate of drug-likeness (QED) is 0.756. The number of hydrogen-bond donors (Lipinski definition) is 1. The molecular weight excluding hydrogens is 176 g/mol. The van der Waals surface area contributed by atoms with E-state index in [4.69, 9.17) is 4.74 Å². The maximum Gasteiger partial charge on any atom is 0.0879 e. The molecule has 0 bridgehead atoms. The number of ether oxygens (including phenoxy) is 1. The zero-order valence-corrected chi connectivity index (χ0v) is 9.75. The van der Waals surface area contributed by atoms with Gasteiger partial charge >= 0.3 is 0 Å². The van der Waals surface area contributed by atoms with Crippen LogP contribution in [0.1, 0.15) is 46.0 Å². The maximum absolute atomic E-state index is 10.2. The molecule has 0 saturated heterocycles. The fraction of sp³-hybridized carbons (Fsp3) is 1.00. The van der Waals surface area contributed by atoms with Gasteiger partial charge in [-0.25, -0.2) is 0 Å². The number of methoxy groups -OCH3 is 1. The first-order chi connectivity index (χ1) is 6.60. The summed E-state index contributed by atoms with van der Waals surface area (Å²) < 4.78 is 5.06. The van der Waals surface area contributed by atoms with Gasteiger partial charge in [0, 0.05) is 7.11 Å². The minimum absolute atomic E-state index is 0.435. The zero-order valence-electron chi connectivity index (χ0n) is 9.75. The molecule has 1 rings (SSSR count). The maximum atomic E-state index is 10.2. The largest absolute Gasteiger partial charge is 0.387 e. The summed E-state index contributed by atoms with van der Waals surface area (Å²) in [5.74, 6) is 1.33. The van der Waals surface area contributed by atoms with Gasteiger partial charge in [0.25, 0.3) is 0 Å². The lowest BCUT2D eigenvalue weighted by atomic mass is 9.74. The third-order valence-electron chi connectivity index (χ3n) is 3.74. The fourth-order valence-corrected chi connectivity index (χ4v) is 2.60. The van der Waals surface area contributed by atoms with E-state index in [-0.39, 0.29) is 0 Å². The van der Waals surface area contributed by atoms with Gasteiger partial charge in [0.2, 0.25) is 0 Å². The van der Waals surface area contributed by atoms with E-state index in [1.807, 2.05) is 6.92 Å². The molecule has 1 aliphatic rings. The summed E-state index contributed by atoms with van der Waals surface area (Å²) in [7, 11) is 1.66. The fourth-order valence-electron chi connectivity index (χ4n) is 2.60. The third-order valence-corrected chi connectivity index (χ3v) is 3.74. The minimum atomic E-state index is -0.618. The summed E-state index contributed by atoms with van der Waals surface area (Å²) in [5, 5.41) is 10.2. The van der Waals surface area contributed by atoms with Gasteiger partial charge in [-0.15, -0.1) is 0 Å². The van der Waals surface area contributed by atoms with Crippen LogP contribution < -0.4 is 0 Å². The van der Waals surface area contributed by atoms with Crippen LogP contribution in [0.2, 0.25) is 0 Å². The molecule has 84 valence electrons. The summed E-state index contributed by atoms with van der Waals surface area (Å²) in [5.41, 5.74) is -0.618. The van der Waals surface area contributed by atoms with Crippen molar-refractivity contribution in [2.24, 2.45) is 11.8 Å². The minimum Gasteiger partial charge on any atom is -0.387 e. The van der Waals surface area contributed by atoms with E-state index in [9.17, 15) is 5.11 Å². The molecule has 2 heteroatoms. The lowest BCUT2D eigenvalue weighted by Crippen LogP contribution is -2.41. The lowest BCUT2D eigenvalue weighted by Gasteiger charge is -2.37. The first-order valence-corrected chi connectivity index (χ1v) is 5.81. The van der Waals surface area contributed by atoms with Crippen LogP contribution in [0.4, 0.5) is 0 Å². The Labute approximate surface area is 87.7 Å². The lowest BCUT2D eigenvalue weighted by molar-refractivity contribution is -0.0734. The Balaban J connectivity index is 2.40. The van der Waals surface area contributed by atoms with Crippen molar-refractivity contribution in [2.45, 2.75) is 51.6 Å². The van der Waals surface area contributed by atoms with Gasteiger partial charge in [0.05, 0.1) is 12.2 Å². The molecule has 1 fully saturated rings. The van der Waals surface area contributed by atoms with Gasteiger partial charge in [-0.05, 0) is 31.6 Å². The standard InChI is InChI=1S/C12H24O2/c1-4-10-5-7-11(8-6-10)12(2,13)9-14-3/h10-11,13H,4-9H2,1-3H3. The number of hydrogen-bond acceptors (Lipinski definition) is 2. The molecule has 0 amide bonds. The molecule has 1 N–H and O–H groups in total. The predicted octanol–water partition coefficient (Wildman–Crippen LogP) is 2.60. The van der Waals surface area contributed by atoms with Crippen LogP contribution in [-0.4, -0.2) is 24.4 Å². The Morgan fingerprint density at radius 2 is 1.86 bits per heavy atom. The molecule has 2 nitrogen and oxygen atoms in total. The second-order valence-electron chi connectivity index (χ2n) is 4.92. The van der Waals surface area contributed by atoms with Crippen LogP contribution in [-0.2, 0) is 4.74 Å². The molecule has 0 aromatic carbocycles. The van der Waals surface area contributed by atoms with E-state index in [2.05, 4.69) is 6.92 Å². The normalized spacial score (nSPS) is 32.6. The molecule has 1 aliphatic carbocycles. The Morgan fingerprint density at radius 3 is 2.29 bits per heavy atom. The van der Waals surface area contributed by atoms with Crippen molar-refractivity contribution in [2.75, 3.05) is 13.7 Å². The van der Waals surface area contributed by atoms with Crippen molar-refractivity contribution in [3.63, 3.8) is 0 Å². The monoisotopic (exact) mass is 200 g/mol. The molecule has 0 heterocycles. The van der Waals surface area contributed by atoms with E-state index >= 15 is 0 Å². The van der Waals surface area contributed by atoms with E-state index in [0.717, 1.165) is 18.8 Å². The van der Waals surface area contributed by atoms with Gasteiger partial charge in [0.1, 0.15) is 0 Å². The zero-order chi connectivity index (χ0) is 10.6. The highest BCUT2D eigenvalue weighted by molar-refractivity contribution is 4.85. The molecule has 0 radical (unpaired) electrons. The molecule has 0 aromatic rings. The first-order valence-electron chi connectivity index (χ1n) is 5.81. The van der Waals surface area contributed by atoms with E-state index in [1.54, 1.807) is 7.11 Å². The van der Waals surface area contributed by atoms with Crippen LogP contribution in [0.15, 0.2) is 0 Å². The molecule has 0 spiro atoms. The van der Waals surface area contributed by atoms with E-state index in [1.165, 1.54) is 19.3 Å². The van der Waals surface area contributed by atoms with Gasteiger partial charge < -0.3 is 9.84 Å². The smallest absolute Gasteiger partial charge is 0.0879 e. The van der Waals surface area contributed by atoms with Crippen LogP contribution in [0.25, 0.3) is 0 Å². The molecule has 0 aromatic heterocycles. The summed E-state index contributed by atoms with van der Waals surface area (Å²) in [6, 6.07) is 0. The molecule has 1 atom stereocenters. The second-order valence-corrected chi connectivity index (χ2v) is 4.92. The van der Waals surface area contributed by atoms with Gasteiger partial charge in [0.15, 0.2) is 0 Å². The molecule has 1 saturated carbocycles. The highest BCUT2D eigenvalue weighted by Gasteiger charge is 2.34. The molecular formula is C12H24O2. The number of aliphatic hydroxyl groups is 1. The Hall–Kier alpha value is -0.0800. The van der Waals surface area contributed by atoms with Gasteiger partial charge in [-0.1, -0.05) is 26.2 Å².